The molecule has 3 aromatic rings. The fourth-order valence-corrected chi connectivity index (χ4v) is 2.31. The van der Waals surface area contributed by atoms with Gasteiger partial charge in [-0.1, -0.05) is 11.6 Å². The van der Waals surface area contributed by atoms with Crippen LogP contribution in [0.3, 0.4) is 0 Å². The van der Waals surface area contributed by atoms with E-state index in [4.69, 9.17) is 0 Å². The predicted molar refractivity (Wildman–Crippen MR) is 80.9 cm³/mol. The molecule has 1 amide bonds. The van der Waals surface area contributed by atoms with Crippen LogP contribution in [0.4, 0.5) is 0 Å². The molecular formula is C16H16N4O. The first-order valence-electron chi connectivity index (χ1n) is 6.74. The second kappa shape index (κ2) is 5.36. The molecule has 0 atom stereocenters. The van der Waals surface area contributed by atoms with Gasteiger partial charge in [0, 0.05) is 31.4 Å². The van der Waals surface area contributed by atoms with E-state index in [1.165, 1.54) is 0 Å². The van der Waals surface area contributed by atoms with Crippen LogP contribution in [0, 0.1) is 6.92 Å². The lowest BCUT2D eigenvalue weighted by Gasteiger charge is -2.16. The molecule has 3 rings (SSSR count). The zero-order valence-electron chi connectivity index (χ0n) is 12.0. The summed E-state index contributed by atoms with van der Waals surface area (Å²) in [6.07, 6.45) is 3.45. The topological polar surface area (TPSA) is 61.9 Å². The largest absolute Gasteiger partial charge is 0.336 e. The zero-order chi connectivity index (χ0) is 14.8. The molecule has 5 heteroatoms. The van der Waals surface area contributed by atoms with E-state index in [0.29, 0.717) is 12.2 Å². The molecule has 5 nitrogen and oxygen atoms in total. The van der Waals surface area contributed by atoms with Gasteiger partial charge in [0.1, 0.15) is 0 Å². The molecule has 0 aliphatic rings. The first-order valence-corrected chi connectivity index (χ1v) is 6.74. The molecule has 0 saturated heterocycles. The molecule has 21 heavy (non-hydrogen) atoms. The van der Waals surface area contributed by atoms with E-state index < -0.39 is 0 Å². The molecule has 0 unspecified atom stereocenters. The maximum atomic E-state index is 12.6. The van der Waals surface area contributed by atoms with Crippen LogP contribution in [-0.4, -0.2) is 33.0 Å². The first kappa shape index (κ1) is 13.3. The number of amides is 1. The molecule has 0 aliphatic carbocycles. The predicted octanol–water partition coefficient (Wildman–Crippen LogP) is 2.54. The molecule has 0 spiro atoms. The number of rotatable bonds is 3. The number of pyridine rings is 1. The minimum atomic E-state index is -0.0938. The number of benzene rings is 1. The number of carbonyl (C=O) groups excluding carboxylic acids is 1. The van der Waals surface area contributed by atoms with E-state index in [9.17, 15) is 4.79 Å². The summed E-state index contributed by atoms with van der Waals surface area (Å²) < 4.78 is 0. The Bertz CT molecular complexity index is 779. The van der Waals surface area contributed by atoms with Crippen molar-refractivity contribution in [1.82, 2.24) is 20.1 Å². The SMILES string of the molecule is Cc1ccc2[nH]nc(C(=O)N(C)Cc3ccncc3)c2c1. The van der Waals surface area contributed by atoms with Gasteiger partial charge in [-0.15, -0.1) is 0 Å². The number of aromatic nitrogens is 3. The van der Waals surface area contributed by atoms with Crippen molar-refractivity contribution in [2.75, 3.05) is 7.05 Å². The fraction of sp³-hybridized carbons (Fsp3) is 0.188. The van der Waals surface area contributed by atoms with Crippen molar-refractivity contribution in [3.63, 3.8) is 0 Å². The van der Waals surface area contributed by atoms with Gasteiger partial charge < -0.3 is 4.90 Å². The fourth-order valence-electron chi connectivity index (χ4n) is 2.31. The minimum absolute atomic E-state index is 0.0938. The Morgan fingerprint density at radius 3 is 2.76 bits per heavy atom. The molecule has 0 saturated carbocycles. The third-order valence-electron chi connectivity index (χ3n) is 3.44. The van der Waals surface area contributed by atoms with E-state index in [1.54, 1.807) is 24.3 Å². The minimum Gasteiger partial charge on any atom is -0.336 e. The average molecular weight is 280 g/mol. The van der Waals surface area contributed by atoms with Crippen LogP contribution in [0.25, 0.3) is 10.9 Å². The van der Waals surface area contributed by atoms with Crippen molar-refractivity contribution < 1.29 is 4.79 Å². The molecule has 2 heterocycles. The van der Waals surface area contributed by atoms with Gasteiger partial charge in [-0.3, -0.25) is 14.9 Å². The molecule has 2 aromatic heterocycles. The number of aromatic amines is 1. The van der Waals surface area contributed by atoms with Crippen molar-refractivity contribution in [3.8, 4) is 0 Å². The molecule has 1 N–H and O–H groups in total. The maximum absolute atomic E-state index is 12.6. The van der Waals surface area contributed by atoms with Crippen LogP contribution in [0.15, 0.2) is 42.7 Å². The Morgan fingerprint density at radius 1 is 1.24 bits per heavy atom. The average Bonchev–Trinajstić information content (AvgIpc) is 2.90. The molecule has 1 aromatic carbocycles. The lowest BCUT2D eigenvalue weighted by atomic mass is 10.1. The molecule has 0 bridgehead atoms. The summed E-state index contributed by atoms with van der Waals surface area (Å²) in [6.45, 7) is 2.53. The summed E-state index contributed by atoms with van der Waals surface area (Å²) in [6, 6.07) is 9.71. The van der Waals surface area contributed by atoms with Crippen molar-refractivity contribution >= 4 is 16.8 Å². The summed E-state index contributed by atoms with van der Waals surface area (Å²) in [4.78, 5) is 18.2. The van der Waals surface area contributed by atoms with E-state index in [0.717, 1.165) is 22.0 Å². The normalized spacial score (nSPS) is 10.8. The summed E-state index contributed by atoms with van der Waals surface area (Å²) in [7, 11) is 1.78. The third kappa shape index (κ3) is 2.63. The van der Waals surface area contributed by atoms with Gasteiger partial charge in [0.05, 0.1) is 5.52 Å². The van der Waals surface area contributed by atoms with Crippen LogP contribution in [0.2, 0.25) is 0 Å². The highest BCUT2D eigenvalue weighted by molar-refractivity contribution is 6.04. The van der Waals surface area contributed by atoms with E-state index in [1.807, 2.05) is 37.3 Å². The van der Waals surface area contributed by atoms with Gasteiger partial charge in [0.2, 0.25) is 0 Å². The van der Waals surface area contributed by atoms with Crippen LogP contribution >= 0.6 is 0 Å². The van der Waals surface area contributed by atoms with Gasteiger partial charge in [-0.25, -0.2) is 0 Å². The second-order valence-electron chi connectivity index (χ2n) is 5.14. The van der Waals surface area contributed by atoms with Gasteiger partial charge in [-0.2, -0.15) is 5.10 Å². The standard InChI is InChI=1S/C16H16N4O/c1-11-3-4-14-13(9-11)15(19-18-14)16(21)20(2)10-12-5-7-17-8-6-12/h3-9H,10H2,1-2H3,(H,18,19). The summed E-state index contributed by atoms with van der Waals surface area (Å²) in [5.74, 6) is -0.0938. The molecular weight excluding hydrogens is 264 g/mol. The van der Waals surface area contributed by atoms with Crippen molar-refractivity contribution in [1.29, 1.82) is 0 Å². The monoisotopic (exact) mass is 280 g/mol. The highest BCUT2D eigenvalue weighted by atomic mass is 16.2. The van der Waals surface area contributed by atoms with Crippen LogP contribution in [-0.2, 0) is 6.54 Å². The van der Waals surface area contributed by atoms with Crippen LogP contribution < -0.4 is 0 Å². The number of nitrogens with one attached hydrogen (secondary N) is 1. The van der Waals surface area contributed by atoms with Gasteiger partial charge >= 0.3 is 0 Å². The molecule has 0 aliphatic heterocycles. The second-order valence-corrected chi connectivity index (χ2v) is 5.14. The quantitative estimate of drug-likeness (QED) is 0.802. The van der Waals surface area contributed by atoms with Crippen LogP contribution in [0.1, 0.15) is 21.6 Å². The maximum Gasteiger partial charge on any atom is 0.275 e. The number of carbonyl (C=O) groups is 1. The van der Waals surface area contributed by atoms with Gasteiger partial charge in [0.25, 0.3) is 5.91 Å². The number of nitrogens with zero attached hydrogens (tertiary/aromatic N) is 3. The van der Waals surface area contributed by atoms with Gasteiger partial charge in [0.15, 0.2) is 5.69 Å². The Labute approximate surface area is 122 Å². The Kier molecular flexibility index (Phi) is 3.39. The Hall–Kier alpha value is -2.69. The summed E-state index contributed by atoms with van der Waals surface area (Å²) in [5.41, 5.74) is 3.48. The van der Waals surface area contributed by atoms with Crippen molar-refractivity contribution in [2.45, 2.75) is 13.5 Å². The number of aryl methyl sites for hydroxylation is 1. The summed E-state index contributed by atoms with van der Waals surface area (Å²) >= 11 is 0. The third-order valence-corrected chi connectivity index (χ3v) is 3.44. The number of fused-ring (bicyclic) bond motifs is 1. The zero-order valence-corrected chi connectivity index (χ0v) is 12.0. The van der Waals surface area contributed by atoms with Gasteiger partial charge in [-0.05, 0) is 36.8 Å². The van der Waals surface area contributed by atoms with Crippen LogP contribution in [0.5, 0.6) is 0 Å². The Balaban J connectivity index is 1.88. The highest BCUT2D eigenvalue weighted by Gasteiger charge is 2.18. The molecule has 106 valence electrons. The summed E-state index contributed by atoms with van der Waals surface area (Å²) in [5, 5.41) is 7.94. The smallest absolute Gasteiger partial charge is 0.275 e. The Morgan fingerprint density at radius 2 is 2.00 bits per heavy atom. The lowest BCUT2D eigenvalue weighted by molar-refractivity contribution is 0.0781. The van der Waals surface area contributed by atoms with Crippen molar-refractivity contribution in [2.24, 2.45) is 0 Å². The lowest BCUT2D eigenvalue weighted by Crippen LogP contribution is -2.26. The number of H-pyrrole nitrogens is 1. The van der Waals surface area contributed by atoms with E-state index >= 15 is 0 Å². The molecule has 0 fully saturated rings. The number of hydrogen-bond acceptors (Lipinski definition) is 3. The number of hydrogen-bond donors (Lipinski definition) is 1. The van der Waals surface area contributed by atoms with Crippen molar-refractivity contribution in [3.05, 3.63) is 59.5 Å². The first-order chi connectivity index (χ1) is 10.1. The van der Waals surface area contributed by atoms with E-state index in [2.05, 4.69) is 15.2 Å². The molecule has 0 radical (unpaired) electrons. The highest BCUT2D eigenvalue weighted by Crippen LogP contribution is 2.19. The van der Waals surface area contributed by atoms with E-state index in [-0.39, 0.29) is 5.91 Å².